The topological polar surface area (TPSA) is 60.0 Å². The fourth-order valence-electron chi connectivity index (χ4n) is 2.30. The van der Waals surface area contributed by atoms with Gasteiger partial charge in [0.25, 0.3) is 0 Å². The molecule has 0 bridgehead atoms. The van der Waals surface area contributed by atoms with Gasteiger partial charge in [-0.3, -0.25) is 10.1 Å². The van der Waals surface area contributed by atoms with E-state index in [9.17, 15) is 0 Å². The van der Waals surface area contributed by atoms with E-state index in [4.69, 9.17) is 32.7 Å². The Morgan fingerprint density at radius 2 is 1.87 bits per heavy atom. The monoisotopic (exact) mass is 463 g/mol. The van der Waals surface area contributed by atoms with E-state index in [0.717, 1.165) is 14.6 Å². The molecule has 0 fully saturated rings. The number of fused-ring (bicyclic) bond motifs is 1. The molecule has 1 aromatic carbocycles. The predicted molar refractivity (Wildman–Crippen MR) is 98.7 cm³/mol. The molecule has 0 aliphatic rings. The highest BCUT2D eigenvalue weighted by Crippen LogP contribution is 2.38. The number of hydrogen-bond acceptors (Lipinski definition) is 4. The molecule has 2 heterocycles. The third-order valence-electron chi connectivity index (χ3n) is 3.40. The van der Waals surface area contributed by atoms with E-state index < -0.39 is 0 Å². The minimum absolute atomic E-state index is 0.367. The number of ether oxygens (including phenoxy) is 2. The highest BCUT2D eigenvalue weighted by atomic mass is 127. The van der Waals surface area contributed by atoms with Crippen molar-refractivity contribution in [3.05, 3.63) is 43.8 Å². The summed E-state index contributed by atoms with van der Waals surface area (Å²) < 4.78 is 12.3. The van der Waals surface area contributed by atoms with Crippen molar-refractivity contribution in [2.75, 3.05) is 7.11 Å². The number of H-pyrrole nitrogens is 1. The van der Waals surface area contributed by atoms with Crippen LogP contribution in [0.2, 0.25) is 10.0 Å². The fourth-order valence-corrected chi connectivity index (χ4v) is 3.54. The number of nitrogens with one attached hydrogen (secondary N) is 1. The van der Waals surface area contributed by atoms with Crippen LogP contribution >= 0.6 is 45.8 Å². The third kappa shape index (κ3) is 3.20. The van der Waals surface area contributed by atoms with Crippen molar-refractivity contribution in [3.63, 3.8) is 0 Å². The first kappa shape index (κ1) is 16.6. The molecule has 0 amide bonds. The van der Waals surface area contributed by atoms with Crippen LogP contribution in [0.25, 0.3) is 10.9 Å². The van der Waals surface area contributed by atoms with E-state index in [1.807, 2.05) is 19.1 Å². The number of aromatic nitrogens is 3. The number of rotatable bonds is 4. The summed E-state index contributed by atoms with van der Waals surface area (Å²) in [5.41, 5.74) is 1.57. The average molecular weight is 464 g/mol. The first-order valence-corrected chi connectivity index (χ1v) is 8.52. The van der Waals surface area contributed by atoms with Crippen LogP contribution in [-0.4, -0.2) is 22.3 Å². The van der Waals surface area contributed by atoms with E-state index >= 15 is 0 Å². The van der Waals surface area contributed by atoms with Crippen LogP contribution in [0.4, 0.5) is 0 Å². The summed E-state index contributed by atoms with van der Waals surface area (Å²) in [6.45, 7) is 1.87. The number of halogens is 3. The normalized spacial score (nSPS) is 12.4. The van der Waals surface area contributed by atoms with Gasteiger partial charge in [0.15, 0.2) is 11.5 Å². The molecule has 1 atom stereocenters. The van der Waals surface area contributed by atoms with E-state index in [1.165, 1.54) is 0 Å². The van der Waals surface area contributed by atoms with Crippen LogP contribution in [-0.2, 0) is 0 Å². The van der Waals surface area contributed by atoms with E-state index in [1.54, 1.807) is 19.5 Å². The van der Waals surface area contributed by atoms with Crippen molar-refractivity contribution in [2.24, 2.45) is 0 Å². The van der Waals surface area contributed by atoms with Crippen LogP contribution in [0, 0.1) is 3.70 Å². The Labute approximate surface area is 156 Å². The molecular weight excluding hydrogens is 452 g/mol. The van der Waals surface area contributed by atoms with Crippen LogP contribution in [0.5, 0.6) is 11.5 Å². The van der Waals surface area contributed by atoms with Gasteiger partial charge >= 0.3 is 0 Å². The Hall–Kier alpha value is -1.25. The lowest BCUT2D eigenvalue weighted by Crippen LogP contribution is -2.06. The smallest absolute Gasteiger partial charge is 0.162 e. The number of methoxy groups -OCH3 is 1. The van der Waals surface area contributed by atoms with Gasteiger partial charge in [-0.1, -0.05) is 23.2 Å². The number of aromatic amines is 1. The van der Waals surface area contributed by atoms with Crippen LogP contribution in [0.3, 0.4) is 0 Å². The van der Waals surface area contributed by atoms with Crippen LogP contribution in [0.1, 0.15) is 18.6 Å². The second kappa shape index (κ2) is 6.70. The van der Waals surface area contributed by atoms with Gasteiger partial charge < -0.3 is 9.47 Å². The number of benzene rings is 1. The van der Waals surface area contributed by atoms with Gasteiger partial charge in [-0.05, 0) is 35.6 Å². The van der Waals surface area contributed by atoms with Crippen molar-refractivity contribution >= 4 is 56.7 Å². The van der Waals surface area contributed by atoms with Crippen molar-refractivity contribution in [1.29, 1.82) is 0 Å². The molecule has 0 radical (unpaired) electrons. The minimum atomic E-state index is -0.367. The van der Waals surface area contributed by atoms with E-state index in [-0.39, 0.29) is 6.10 Å². The Morgan fingerprint density at radius 1 is 1.17 bits per heavy atom. The number of nitrogens with zero attached hydrogens (tertiary/aromatic N) is 2. The summed E-state index contributed by atoms with van der Waals surface area (Å²) in [6, 6.07) is 3.74. The van der Waals surface area contributed by atoms with Gasteiger partial charge in [-0.15, -0.1) is 0 Å². The van der Waals surface area contributed by atoms with Gasteiger partial charge in [-0.25, -0.2) is 0 Å². The second-order valence-corrected chi connectivity index (χ2v) is 6.68. The zero-order valence-electron chi connectivity index (χ0n) is 12.2. The van der Waals surface area contributed by atoms with E-state index in [2.05, 4.69) is 37.8 Å². The molecule has 3 aromatic rings. The van der Waals surface area contributed by atoms with Crippen molar-refractivity contribution < 1.29 is 9.47 Å². The van der Waals surface area contributed by atoms with Crippen molar-refractivity contribution in [2.45, 2.75) is 13.0 Å². The second-order valence-electron chi connectivity index (χ2n) is 4.84. The SMILES string of the molecule is COc1cc2[nH]nc(I)c2cc1OC(C)c1c(Cl)cncc1Cl. The summed E-state index contributed by atoms with van der Waals surface area (Å²) in [4.78, 5) is 3.96. The lowest BCUT2D eigenvalue weighted by molar-refractivity contribution is 0.216. The maximum atomic E-state index is 6.19. The molecule has 23 heavy (non-hydrogen) atoms. The van der Waals surface area contributed by atoms with Crippen LogP contribution < -0.4 is 9.47 Å². The van der Waals surface area contributed by atoms with Gasteiger partial charge in [0.2, 0.25) is 0 Å². The summed E-state index contributed by atoms with van der Waals surface area (Å²) >= 11 is 14.5. The molecule has 3 rings (SSSR count). The van der Waals surface area contributed by atoms with Gasteiger partial charge in [0.1, 0.15) is 9.80 Å². The first-order valence-electron chi connectivity index (χ1n) is 6.68. The molecule has 0 saturated heterocycles. The van der Waals surface area contributed by atoms with Crippen LogP contribution in [0.15, 0.2) is 24.5 Å². The van der Waals surface area contributed by atoms with Crippen molar-refractivity contribution in [3.8, 4) is 11.5 Å². The summed E-state index contributed by atoms with van der Waals surface area (Å²) in [6.07, 6.45) is 2.72. The Balaban J connectivity index is 2.01. The quantitative estimate of drug-likeness (QED) is 0.552. The molecule has 0 spiro atoms. The van der Waals surface area contributed by atoms with Gasteiger partial charge in [-0.2, -0.15) is 5.10 Å². The largest absolute Gasteiger partial charge is 0.493 e. The molecule has 0 saturated carbocycles. The maximum absolute atomic E-state index is 6.19. The molecule has 2 aromatic heterocycles. The fraction of sp³-hybridized carbons (Fsp3) is 0.200. The Bertz CT molecular complexity index is 849. The zero-order chi connectivity index (χ0) is 16.6. The Kier molecular flexibility index (Phi) is 4.84. The summed E-state index contributed by atoms with van der Waals surface area (Å²) in [5, 5.41) is 9.01. The van der Waals surface area contributed by atoms with E-state index in [0.29, 0.717) is 27.1 Å². The molecule has 1 N–H and O–H groups in total. The highest BCUT2D eigenvalue weighted by molar-refractivity contribution is 14.1. The zero-order valence-corrected chi connectivity index (χ0v) is 15.9. The maximum Gasteiger partial charge on any atom is 0.162 e. The molecule has 5 nitrogen and oxygen atoms in total. The third-order valence-corrected chi connectivity index (χ3v) is 4.83. The van der Waals surface area contributed by atoms with Gasteiger partial charge in [0.05, 0.1) is 22.7 Å². The lowest BCUT2D eigenvalue weighted by Gasteiger charge is -2.19. The summed E-state index contributed by atoms with van der Waals surface area (Å²) in [7, 11) is 1.59. The first-order chi connectivity index (χ1) is 11.0. The standard InChI is InChI=1S/C15H12Cl2IN3O2/c1-7(14-9(16)5-19-6-10(14)17)23-13-3-8-11(4-12(13)22-2)20-21-15(8)18/h3-7H,1-2H3,(H,20,21). The lowest BCUT2D eigenvalue weighted by atomic mass is 10.1. The highest BCUT2D eigenvalue weighted by Gasteiger charge is 2.19. The molecule has 0 aliphatic carbocycles. The van der Waals surface area contributed by atoms with Crippen molar-refractivity contribution in [1.82, 2.24) is 15.2 Å². The molecule has 8 heteroatoms. The number of hydrogen-bond donors (Lipinski definition) is 1. The average Bonchev–Trinajstić information content (AvgIpc) is 2.87. The molecule has 1 unspecified atom stereocenters. The summed E-state index contributed by atoms with van der Waals surface area (Å²) in [5.74, 6) is 1.20. The number of pyridine rings is 1. The molecule has 120 valence electrons. The molecule has 0 aliphatic heterocycles. The van der Waals surface area contributed by atoms with Gasteiger partial charge in [0, 0.05) is 29.4 Å². The predicted octanol–water partition coefficient (Wildman–Crippen LogP) is 5.02. The Morgan fingerprint density at radius 3 is 2.52 bits per heavy atom. The molecular formula is C15H12Cl2IN3O2. The minimum Gasteiger partial charge on any atom is -0.493 e.